The minimum absolute atomic E-state index is 0.0445. The number of hydrogen-bond acceptors (Lipinski definition) is 2. The maximum Gasteiger partial charge on any atom is 0.265 e. The molecular formula is C14H26O3S. The van der Waals surface area contributed by atoms with E-state index in [0.29, 0.717) is 0 Å². The van der Waals surface area contributed by atoms with Gasteiger partial charge in [-0.1, -0.05) is 38.2 Å². The molecule has 0 aromatic carbocycles. The Bertz CT molecular complexity index is 324. The van der Waals surface area contributed by atoms with Crippen molar-refractivity contribution in [3.63, 3.8) is 0 Å². The lowest BCUT2D eigenvalue weighted by Crippen LogP contribution is -2.15. The second-order valence-electron chi connectivity index (χ2n) is 4.53. The minimum Gasteiger partial charge on any atom is -0.286 e. The summed E-state index contributed by atoms with van der Waals surface area (Å²) in [5.74, 6) is -0.0737. The van der Waals surface area contributed by atoms with Gasteiger partial charge in [0.15, 0.2) is 0 Å². The van der Waals surface area contributed by atoms with Crippen LogP contribution in [0.5, 0.6) is 0 Å². The molecule has 4 heteroatoms. The van der Waals surface area contributed by atoms with Crippen LogP contribution in [0, 0.1) is 5.92 Å². The molecule has 3 nitrogen and oxygen atoms in total. The molecule has 0 saturated carbocycles. The van der Waals surface area contributed by atoms with Crippen LogP contribution in [-0.4, -0.2) is 18.7 Å². The third-order valence-electron chi connectivity index (χ3n) is 2.73. The van der Waals surface area contributed by atoms with E-state index in [1.165, 1.54) is 0 Å². The lowest BCUT2D eigenvalue weighted by atomic mass is 9.99. The van der Waals surface area contributed by atoms with Gasteiger partial charge in [0.1, 0.15) is 0 Å². The normalized spacial score (nSPS) is 13.1. The summed E-state index contributed by atoms with van der Waals surface area (Å²) in [6.45, 7) is 4.14. The van der Waals surface area contributed by atoms with Crippen LogP contribution in [0.2, 0.25) is 0 Å². The van der Waals surface area contributed by atoms with Crippen molar-refractivity contribution in [2.75, 3.05) is 5.75 Å². The first-order chi connectivity index (χ1) is 8.49. The van der Waals surface area contributed by atoms with Crippen LogP contribution in [0.4, 0.5) is 0 Å². The minimum atomic E-state index is -3.86. The van der Waals surface area contributed by atoms with E-state index in [1.807, 2.05) is 0 Å². The average Bonchev–Trinajstić information content (AvgIpc) is 2.28. The van der Waals surface area contributed by atoms with Crippen molar-refractivity contribution in [3.8, 4) is 0 Å². The number of hydrogen-bond donors (Lipinski definition) is 1. The summed E-state index contributed by atoms with van der Waals surface area (Å²) in [6.07, 6.45) is 13.7. The van der Waals surface area contributed by atoms with E-state index in [1.54, 1.807) is 0 Å². The molecule has 0 unspecified atom stereocenters. The van der Waals surface area contributed by atoms with Crippen LogP contribution in [0.15, 0.2) is 24.3 Å². The molecular weight excluding hydrogens is 248 g/mol. The van der Waals surface area contributed by atoms with Crippen LogP contribution >= 0.6 is 0 Å². The first kappa shape index (κ1) is 17.4. The highest BCUT2D eigenvalue weighted by atomic mass is 32.2. The van der Waals surface area contributed by atoms with Crippen molar-refractivity contribution in [2.45, 2.75) is 52.4 Å². The Kier molecular flexibility index (Phi) is 9.98. The fourth-order valence-corrected chi connectivity index (χ4v) is 2.77. The highest BCUT2D eigenvalue weighted by Crippen LogP contribution is 2.17. The number of rotatable bonds is 10. The Labute approximate surface area is 112 Å². The van der Waals surface area contributed by atoms with E-state index >= 15 is 0 Å². The molecule has 0 aromatic heterocycles. The van der Waals surface area contributed by atoms with Gasteiger partial charge >= 0.3 is 0 Å². The summed E-state index contributed by atoms with van der Waals surface area (Å²) in [5, 5.41) is 0. The van der Waals surface area contributed by atoms with Gasteiger partial charge in [0.05, 0.1) is 5.75 Å². The maximum atomic E-state index is 10.9. The molecule has 0 aromatic rings. The molecule has 0 heterocycles. The van der Waals surface area contributed by atoms with Gasteiger partial charge in [0.25, 0.3) is 10.1 Å². The first-order valence-corrected chi connectivity index (χ1v) is 8.35. The lowest BCUT2D eigenvalue weighted by Gasteiger charge is -2.13. The van der Waals surface area contributed by atoms with E-state index in [4.69, 9.17) is 4.55 Å². The first-order valence-electron chi connectivity index (χ1n) is 6.74. The SMILES string of the molecule is CC/C=C\CCC(CC/C=C\CC)CS(=O)(=O)O. The topological polar surface area (TPSA) is 54.4 Å². The Morgan fingerprint density at radius 2 is 1.39 bits per heavy atom. The smallest absolute Gasteiger partial charge is 0.265 e. The molecule has 0 atom stereocenters. The molecule has 1 N–H and O–H groups in total. The fraction of sp³-hybridized carbons (Fsp3) is 0.714. The summed E-state index contributed by atoms with van der Waals surface area (Å²) in [5.41, 5.74) is 0. The highest BCUT2D eigenvalue weighted by molar-refractivity contribution is 7.85. The van der Waals surface area contributed by atoms with Crippen molar-refractivity contribution in [2.24, 2.45) is 5.92 Å². The van der Waals surface area contributed by atoms with E-state index in [9.17, 15) is 8.42 Å². The molecule has 0 saturated heterocycles. The summed E-state index contributed by atoms with van der Waals surface area (Å²) in [6, 6.07) is 0. The van der Waals surface area contributed by atoms with Gasteiger partial charge in [-0.15, -0.1) is 0 Å². The van der Waals surface area contributed by atoms with Gasteiger partial charge in [0.2, 0.25) is 0 Å². The van der Waals surface area contributed by atoms with Crippen molar-refractivity contribution < 1.29 is 13.0 Å². The molecule has 0 aliphatic heterocycles. The molecule has 0 fully saturated rings. The quantitative estimate of drug-likeness (QED) is 0.484. The van der Waals surface area contributed by atoms with Crippen LogP contribution in [0.3, 0.4) is 0 Å². The van der Waals surface area contributed by atoms with E-state index in [2.05, 4.69) is 38.2 Å². The molecule has 0 aliphatic carbocycles. The van der Waals surface area contributed by atoms with Crippen LogP contribution < -0.4 is 0 Å². The second-order valence-corrected chi connectivity index (χ2v) is 6.03. The second kappa shape index (κ2) is 10.3. The van der Waals surface area contributed by atoms with Crippen LogP contribution in [0.1, 0.15) is 52.4 Å². The molecule has 0 aliphatic rings. The molecule has 18 heavy (non-hydrogen) atoms. The van der Waals surface area contributed by atoms with E-state index < -0.39 is 10.1 Å². The summed E-state index contributed by atoms with van der Waals surface area (Å²) < 4.78 is 30.8. The average molecular weight is 274 g/mol. The van der Waals surface area contributed by atoms with Crippen LogP contribution in [-0.2, 0) is 10.1 Å². The zero-order valence-corrected chi connectivity index (χ0v) is 12.3. The maximum absolute atomic E-state index is 10.9. The Hall–Kier alpha value is -0.610. The summed E-state index contributed by atoms with van der Waals surface area (Å²) >= 11 is 0. The summed E-state index contributed by atoms with van der Waals surface area (Å²) in [4.78, 5) is 0. The number of allylic oxidation sites excluding steroid dienone is 4. The van der Waals surface area contributed by atoms with Gasteiger partial charge < -0.3 is 0 Å². The molecule has 0 amide bonds. The zero-order valence-electron chi connectivity index (χ0n) is 11.5. The monoisotopic (exact) mass is 274 g/mol. The third kappa shape index (κ3) is 11.9. The molecule has 106 valence electrons. The van der Waals surface area contributed by atoms with Gasteiger partial charge in [-0.2, -0.15) is 8.42 Å². The Morgan fingerprint density at radius 1 is 0.944 bits per heavy atom. The van der Waals surface area contributed by atoms with E-state index in [-0.39, 0.29) is 11.7 Å². The van der Waals surface area contributed by atoms with Crippen molar-refractivity contribution in [1.82, 2.24) is 0 Å². The van der Waals surface area contributed by atoms with Crippen molar-refractivity contribution >= 4 is 10.1 Å². The summed E-state index contributed by atoms with van der Waals surface area (Å²) in [7, 11) is -3.86. The Balaban J connectivity index is 4.16. The fourth-order valence-electron chi connectivity index (χ4n) is 1.84. The zero-order chi connectivity index (χ0) is 13.9. The molecule has 0 radical (unpaired) electrons. The largest absolute Gasteiger partial charge is 0.286 e. The lowest BCUT2D eigenvalue weighted by molar-refractivity contribution is 0.443. The predicted molar refractivity (Wildman–Crippen MR) is 77.2 cm³/mol. The highest BCUT2D eigenvalue weighted by Gasteiger charge is 2.15. The van der Waals surface area contributed by atoms with Crippen LogP contribution in [0.25, 0.3) is 0 Å². The van der Waals surface area contributed by atoms with Gasteiger partial charge in [0, 0.05) is 0 Å². The van der Waals surface area contributed by atoms with Crippen molar-refractivity contribution in [3.05, 3.63) is 24.3 Å². The van der Waals surface area contributed by atoms with Gasteiger partial charge in [-0.3, -0.25) is 4.55 Å². The van der Waals surface area contributed by atoms with Gasteiger partial charge in [-0.05, 0) is 44.4 Å². The van der Waals surface area contributed by atoms with E-state index in [0.717, 1.165) is 38.5 Å². The van der Waals surface area contributed by atoms with Gasteiger partial charge in [-0.25, -0.2) is 0 Å². The molecule has 0 bridgehead atoms. The molecule has 0 spiro atoms. The Morgan fingerprint density at radius 3 is 1.72 bits per heavy atom. The molecule has 0 rings (SSSR count). The predicted octanol–water partition coefficient (Wildman–Crippen LogP) is 3.98. The van der Waals surface area contributed by atoms with Crippen molar-refractivity contribution in [1.29, 1.82) is 0 Å². The standard InChI is InChI=1S/C14H26O3S/c1-3-5-7-9-11-14(13-18(15,16)17)12-10-8-6-4-2/h5-8,14H,3-4,9-13H2,1-2H3,(H,15,16,17)/b7-5-,8-6-. The third-order valence-corrected chi connectivity index (χ3v) is 3.63.